The van der Waals surface area contributed by atoms with Crippen LogP contribution in [-0.2, 0) is 5.54 Å². The lowest BCUT2D eigenvalue weighted by atomic mass is 9.89. The molecule has 0 amide bonds. The molecule has 0 spiro atoms. The number of aldehydes is 1. The van der Waals surface area contributed by atoms with E-state index in [1.54, 1.807) is 11.8 Å². The van der Waals surface area contributed by atoms with Gasteiger partial charge in [0.2, 0.25) is 0 Å². The lowest BCUT2D eigenvalue weighted by Crippen LogP contribution is -2.28. The molecule has 128 valence electrons. The normalized spacial score (nSPS) is 20.2. The second-order valence-electron chi connectivity index (χ2n) is 5.36. The number of hydrogen-bond acceptors (Lipinski definition) is 6. The first-order valence-electron chi connectivity index (χ1n) is 7.82. The fourth-order valence-electron chi connectivity index (χ4n) is 2.13. The van der Waals surface area contributed by atoms with E-state index in [0.717, 1.165) is 30.6 Å². The van der Waals surface area contributed by atoms with Gasteiger partial charge in [-0.05, 0) is 31.7 Å². The summed E-state index contributed by atoms with van der Waals surface area (Å²) in [6.07, 6.45) is 1.82. The van der Waals surface area contributed by atoms with Crippen molar-refractivity contribution in [2.75, 3.05) is 30.9 Å². The first kappa shape index (κ1) is 20.1. The van der Waals surface area contributed by atoms with Crippen molar-refractivity contribution < 1.29 is 4.79 Å². The van der Waals surface area contributed by atoms with Gasteiger partial charge in [0.25, 0.3) is 0 Å². The number of rotatable bonds is 6. The van der Waals surface area contributed by atoms with Gasteiger partial charge in [-0.1, -0.05) is 43.0 Å². The Labute approximate surface area is 148 Å². The number of nitrogens with zero attached hydrogens (tertiary/aromatic N) is 1. The van der Waals surface area contributed by atoms with Gasteiger partial charge in [0.05, 0.1) is 5.54 Å². The van der Waals surface area contributed by atoms with E-state index >= 15 is 0 Å². The number of nitrogens with two attached hydrogens (primary N) is 1. The molecule has 0 saturated carbocycles. The highest BCUT2D eigenvalue weighted by atomic mass is 32.2. The summed E-state index contributed by atoms with van der Waals surface area (Å²) in [5, 5.41) is 3.73. The fraction of sp³-hybridized carbons (Fsp3) is 0.529. The zero-order chi connectivity index (χ0) is 17.1. The van der Waals surface area contributed by atoms with E-state index in [4.69, 9.17) is 5.73 Å². The smallest absolute Gasteiger partial charge is 0.154 e. The van der Waals surface area contributed by atoms with Crippen molar-refractivity contribution in [2.24, 2.45) is 10.7 Å². The lowest BCUT2D eigenvalue weighted by molar-refractivity contribution is 0.112. The molecule has 2 rings (SSSR count). The number of amidine groups is 1. The summed E-state index contributed by atoms with van der Waals surface area (Å²) in [4.78, 5) is 15.1. The molecule has 1 aromatic carbocycles. The molecule has 0 fully saturated rings. The van der Waals surface area contributed by atoms with Crippen molar-refractivity contribution in [3.8, 4) is 0 Å². The Balaban J connectivity index is 0.000000322. The van der Waals surface area contributed by atoms with E-state index in [1.165, 1.54) is 11.5 Å². The van der Waals surface area contributed by atoms with Crippen molar-refractivity contribution in [1.29, 1.82) is 0 Å². The second-order valence-corrected chi connectivity index (χ2v) is 7.87. The Bertz CT molecular complexity index is 501. The van der Waals surface area contributed by atoms with Gasteiger partial charge in [-0.15, -0.1) is 0 Å². The van der Waals surface area contributed by atoms with Crippen LogP contribution in [0.1, 0.15) is 36.2 Å². The van der Waals surface area contributed by atoms with Gasteiger partial charge in [-0.25, -0.2) is 0 Å². The molecule has 0 bridgehead atoms. The van der Waals surface area contributed by atoms with Crippen LogP contribution in [0.2, 0.25) is 0 Å². The van der Waals surface area contributed by atoms with Crippen LogP contribution >= 0.6 is 23.5 Å². The van der Waals surface area contributed by atoms with Gasteiger partial charge in [-0.3, -0.25) is 9.79 Å². The van der Waals surface area contributed by atoms with E-state index in [1.807, 2.05) is 43.1 Å². The molecule has 1 atom stereocenters. The summed E-state index contributed by atoms with van der Waals surface area (Å²) in [7, 11) is 1.98. The van der Waals surface area contributed by atoms with Crippen molar-refractivity contribution in [3.05, 3.63) is 35.4 Å². The number of nitrogens with one attached hydrogen (secondary N) is 1. The van der Waals surface area contributed by atoms with Gasteiger partial charge in [0.15, 0.2) is 5.17 Å². The van der Waals surface area contributed by atoms with Gasteiger partial charge in [0.1, 0.15) is 6.29 Å². The Morgan fingerprint density at radius 1 is 1.43 bits per heavy atom. The maximum Gasteiger partial charge on any atom is 0.154 e. The largest absolute Gasteiger partial charge is 0.379 e. The van der Waals surface area contributed by atoms with E-state index in [-0.39, 0.29) is 5.54 Å². The first-order chi connectivity index (χ1) is 11.1. The third kappa shape index (κ3) is 6.97. The van der Waals surface area contributed by atoms with Crippen LogP contribution in [0, 0.1) is 0 Å². The van der Waals surface area contributed by atoms with Crippen LogP contribution < -0.4 is 11.1 Å². The minimum atomic E-state index is -0.239. The molecule has 1 aromatic rings. The molecule has 3 N–H and O–H groups in total. The van der Waals surface area contributed by atoms with Crippen LogP contribution in [0.15, 0.2) is 29.3 Å². The van der Waals surface area contributed by atoms with Gasteiger partial charge >= 0.3 is 0 Å². The van der Waals surface area contributed by atoms with Crippen molar-refractivity contribution in [1.82, 2.24) is 5.32 Å². The van der Waals surface area contributed by atoms with Crippen LogP contribution in [0.5, 0.6) is 0 Å². The van der Waals surface area contributed by atoms with E-state index in [9.17, 15) is 4.79 Å². The standard InChI is InChI=1S/C12H14N2OS.C5H13NS/c1-12(6-7-16-11(13)14-12)10-4-2-9(8-15)3-5-10;1-3-7-5-4-6-2/h2-5,8H,6-7H2,1H3,(H2,13,14);6H,3-5H2,1-2H3. The highest BCUT2D eigenvalue weighted by molar-refractivity contribution is 8.13. The van der Waals surface area contributed by atoms with Gasteiger partial charge < -0.3 is 11.1 Å². The third-order valence-corrected chi connectivity index (χ3v) is 5.26. The van der Waals surface area contributed by atoms with Crippen molar-refractivity contribution in [2.45, 2.75) is 25.8 Å². The molecule has 4 nitrogen and oxygen atoms in total. The summed E-state index contributed by atoms with van der Waals surface area (Å²) < 4.78 is 0. The molecule has 6 heteroatoms. The molecule has 1 heterocycles. The van der Waals surface area contributed by atoms with Gasteiger partial charge in [0, 0.05) is 23.6 Å². The Morgan fingerprint density at radius 3 is 2.65 bits per heavy atom. The molecular weight excluding hydrogens is 326 g/mol. The van der Waals surface area contributed by atoms with E-state index in [2.05, 4.69) is 24.2 Å². The summed E-state index contributed by atoms with van der Waals surface area (Å²) in [6.45, 7) is 5.40. The topological polar surface area (TPSA) is 67.5 Å². The van der Waals surface area contributed by atoms with E-state index < -0.39 is 0 Å². The number of hydrogen-bond donors (Lipinski definition) is 2. The fourth-order valence-corrected chi connectivity index (χ4v) is 3.75. The molecule has 23 heavy (non-hydrogen) atoms. The number of carbonyl (C=O) groups is 1. The second kappa shape index (κ2) is 10.7. The minimum absolute atomic E-state index is 0.239. The highest BCUT2D eigenvalue weighted by Crippen LogP contribution is 2.34. The van der Waals surface area contributed by atoms with Gasteiger partial charge in [-0.2, -0.15) is 11.8 Å². The van der Waals surface area contributed by atoms with Crippen molar-refractivity contribution in [3.63, 3.8) is 0 Å². The van der Waals surface area contributed by atoms with Crippen LogP contribution in [0.3, 0.4) is 0 Å². The maximum atomic E-state index is 10.6. The molecule has 1 unspecified atom stereocenters. The predicted molar refractivity (Wildman–Crippen MR) is 105 cm³/mol. The number of benzene rings is 1. The molecule has 0 radical (unpaired) electrons. The van der Waals surface area contributed by atoms with Crippen LogP contribution in [-0.4, -0.2) is 42.3 Å². The molecule has 0 aliphatic carbocycles. The highest BCUT2D eigenvalue weighted by Gasteiger charge is 2.29. The maximum absolute atomic E-state index is 10.6. The summed E-state index contributed by atoms with van der Waals surface area (Å²) in [5.41, 5.74) is 7.32. The quantitative estimate of drug-likeness (QED) is 0.607. The number of aliphatic imine (C=N–C) groups is 1. The molecule has 0 aromatic heterocycles. The van der Waals surface area contributed by atoms with Crippen LogP contribution in [0.4, 0.5) is 0 Å². The predicted octanol–water partition coefficient (Wildman–Crippen LogP) is 3.12. The van der Waals surface area contributed by atoms with Crippen LogP contribution in [0.25, 0.3) is 0 Å². The average molecular weight is 354 g/mol. The number of carbonyl (C=O) groups excluding carboxylic acids is 1. The SMILES string of the molecule is CC1(c2ccc(C=O)cc2)CCSC(N)=N1.CCSCCNC. The summed E-state index contributed by atoms with van der Waals surface area (Å²) in [5.74, 6) is 3.47. The molecule has 1 aliphatic heterocycles. The zero-order valence-electron chi connectivity index (χ0n) is 14.2. The van der Waals surface area contributed by atoms with Crippen molar-refractivity contribution >= 4 is 35.0 Å². The summed E-state index contributed by atoms with van der Waals surface area (Å²) >= 11 is 3.56. The minimum Gasteiger partial charge on any atom is -0.379 e. The Morgan fingerprint density at radius 2 is 2.13 bits per heavy atom. The monoisotopic (exact) mass is 353 g/mol. The first-order valence-corrected chi connectivity index (χ1v) is 9.96. The average Bonchev–Trinajstić information content (AvgIpc) is 2.56. The Kier molecular flexibility index (Phi) is 9.36. The zero-order valence-corrected chi connectivity index (χ0v) is 15.8. The Hall–Kier alpha value is -0.980. The lowest BCUT2D eigenvalue weighted by Gasteiger charge is -2.29. The molecule has 0 saturated heterocycles. The third-order valence-electron chi connectivity index (χ3n) is 3.56. The summed E-state index contributed by atoms with van der Waals surface area (Å²) in [6, 6.07) is 7.55. The molecule has 1 aliphatic rings. The molecular formula is C17H27N3OS2. The number of thioether (sulfide) groups is 2. The van der Waals surface area contributed by atoms with E-state index in [0.29, 0.717) is 10.7 Å².